The Morgan fingerprint density at radius 1 is 1.47 bits per heavy atom. The third kappa shape index (κ3) is 2.18. The molecule has 0 saturated heterocycles. The van der Waals surface area contributed by atoms with Crippen LogP contribution in [0.4, 0.5) is 0 Å². The van der Waals surface area contributed by atoms with E-state index in [0.29, 0.717) is 0 Å². The first-order chi connectivity index (χ1) is 7.16. The Morgan fingerprint density at radius 3 is 3.00 bits per heavy atom. The fraction of sp³-hybridized carbons (Fsp3) is 0.417. The maximum absolute atomic E-state index is 5.74. The molecule has 1 heterocycles. The van der Waals surface area contributed by atoms with Crippen LogP contribution in [-0.4, -0.2) is 15.6 Å². The fourth-order valence-electron chi connectivity index (χ4n) is 1.73. The van der Waals surface area contributed by atoms with Gasteiger partial charge in [0, 0.05) is 13.1 Å². The van der Waals surface area contributed by atoms with Crippen molar-refractivity contribution in [3.05, 3.63) is 30.1 Å². The molecule has 0 fully saturated rings. The smallest absolute Gasteiger partial charge is 0.0955 e. The summed E-state index contributed by atoms with van der Waals surface area (Å²) in [7, 11) is 2.01. The maximum Gasteiger partial charge on any atom is 0.0955 e. The molecule has 1 aromatic carbocycles. The number of nitrogens with two attached hydrogens (primary N) is 1. The van der Waals surface area contributed by atoms with Gasteiger partial charge < -0.3 is 10.3 Å². The van der Waals surface area contributed by atoms with Crippen LogP contribution in [-0.2, 0) is 13.5 Å². The Bertz CT molecular complexity index is 457. The summed E-state index contributed by atoms with van der Waals surface area (Å²) < 4.78 is 2.03. The summed E-state index contributed by atoms with van der Waals surface area (Å²) in [6, 6.07) is 6.70. The van der Waals surface area contributed by atoms with Crippen LogP contribution in [0.5, 0.6) is 0 Å². The molecule has 1 atom stereocenters. The Balaban J connectivity index is 2.23. The summed E-state index contributed by atoms with van der Waals surface area (Å²) in [5.74, 6) is 0. The monoisotopic (exact) mass is 203 g/mol. The van der Waals surface area contributed by atoms with E-state index < -0.39 is 0 Å². The van der Waals surface area contributed by atoms with Crippen LogP contribution >= 0.6 is 0 Å². The van der Waals surface area contributed by atoms with Gasteiger partial charge in [-0.25, -0.2) is 4.98 Å². The molecular formula is C12H17N3. The van der Waals surface area contributed by atoms with Crippen LogP contribution in [0, 0.1) is 0 Å². The largest absolute Gasteiger partial charge is 0.334 e. The van der Waals surface area contributed by atoms with Crippen LogP contribution < -0.4 is 5.73 Å². The Hall–Kier alpha value is -1.35. The molecule has 3 heteroatoms. The van der Waals surface area contributed by atoms with Crippen molar-refractivity contribution in [2.24, 2.45) is 12.8 Å². The molecule has 3 nitrogen and oxygen atoms in total. The van der Waals surface area contributed by atoms with E-state index in [0.717, 1.165) is 18.4 Å². The summed E-state index contributed by atoms with van der Waals surface area (Å²) in [6.45, 7) is 2.04. The lowest BCUT2D eigenvalue weighted by molar-refractivity contribution is 0.666. The quantitative estimate of drug-likeness (QED) is 0.827. The molecule has 0 aliphatic heterocycles. The molecule has 0 bridgehead atoms. The number of hydrogen-bond donors (Lipinski definition) is 1. The highest BCUT2D eigenvalue weighted by atomic mass is 15.0. The second-order valence-electron chi connectivity index (χ2n) is 4.19. The van der Waals surface area contributed by atoms with Crippen molar-refractivity contribution in [1.82, 2.24) is 9.55 Å². The number of hydrogen-bond acceptors (Lipinski definition) is 2. The number of aryl methyl sites for hydroxylation is 2. The standard InChI is InChI=1S/C12H17N3/c1-9(13)3-4-10-5-6-12-11(7-10)14-8-15(12)2/h5-9H,3-4,13H2,1-2H3. The van der Waals surface area contributed by atoms with Gasteiger partial charge in [0.05, 0.1) is 17.4 Å². The van der Waals surface area contributed by atoms with Crippen LogP contribution in [0.2, 0.25) is 0 Å². The van der Waals surface area contributed by atoms with Crippen LogP contribution in [0.1, 0.15) is 18.9 Å². The van der Waals surface area contributed by atoms with E-state index in [2.05, 4.69) is 23.2 Å². The minimum absolute atomic E-state index is 0.268. The van der Waals surface area contributed by atoms with Crippen molar-refractivity contribution in [3.63, 3.8) is 0 Å². The summed E-state index contributed by atoms with van der Waals surface area (Å²) in [6.07, 6.45) is 3.91. The number of rotatable bonds is 3. The van der Waals surface area contributed by atoms with Gasteiger partial charge in [-0.15, -0.1) is 0 Å². The number of imidazole rings is 1. The molecule has 0 spiro atoms. The molecule has 80 valence electrons. The number of benzene rings is 1. The summed E-state index contributed by atoms with van der Waals surface area (Å²) >= 11 is 0. The molecule has 2 N–H and O–H groups in total. The minimum atomic E-state index is 0.268. The first-order valence-corrected chi connectivity index (χ1v) is 5.32. The van der Waals surface area contributed by atoms with Gasteiger partial charge in [-0.05, 0) is 37.5 Å². The molecule has 2 rings (SSSR count). The van der Waals surface area contributed by atoms with Gasteiger partial charge in [-0.2, -0.15) is 0 Å². The minimum Gasteiger partial charge on any atom is -0.334 e. The number of aromatic nitrogens is 2. The van der Waals surface area contributed by atoms with Crippen LogP contribution in [0.15, 0.2) is 24.5 Å². The van der Waals surface area contributed by atoms with Gasteiger partial charge >= 0.3 is 0 Å². The molecular weight excluding hydrogens is 186 g/mol. The van der Waals surface area contributed by atoms with E-state index in [-0.39, 0.29) is 6.04 Å². The predicted molar refractivity (Wildman–Crippen MR) is 62.7 cm³/mol. The zero-order valence-electron chi connectivity index (χ0n) is 9.27. The molecule has 0 amide bonds. The third-order valence-electron chi connectivity index (χ3n) is 2.68. The highest BCUT2D eigenvalue weighted by molar-refractivity contribution is 5.75. The van der Waals surface area contributed by atoms with Gasteiger partial charge in [0.25, 0.3) is 0 Å². The molecule has 15 heavy (non-hydrogen) atoms. The van der Waals surface area contributed by atoms with Gasteiger partial charge in [0.15, 0.2) is 0 Å². The van der Waals surface area contributed by atoms with Gasteiger partial charge in [-0.3, -0.25) is 0 Å². The zero-order valence-corrected chi connectivity index (χ0v) is 9.27. The summed E-state index contributed by atoms with van der Waals surface area (Å²) in [4.78, 5) is 4.34. The van der Waals surface area contributed by atoms with Crippen molar-refractivity contribution in [1.29, 1.82) is 0 Å². The zero-order chi connectivity index (χ0) is 10.8. The van der Waals surface area contributed by atoms with Crippen molar-refractivity contribution in [2.75, 3.05) is 0 Å². The van der Waals surface area contributed by atoms with Gasteiger partial charge in [0.2, 0.25) is 0 Å². The highest BCUT2D eigenvalue weighted by Crippen LogP contribution is 2.15. The molecule has 1 aromatic heterocycles. The highest BCUT2D eigenvalue weighted by Gasteiger charge is 2.02. The predicted octanol–water partition coefficient (Wildman–Crippen LogP) is 1.85. The Labute approximate surface area is 89.9 Å². The first-order valence-electron chi connectivity index (χ1n) is 5.32. The average molecular weight is 203 g/mol. The Morgan fingerprint density at radius 2 is 2.27 bits per heavy atom. The maximum atomic E-state index is 5.74. The second kappa shape index (κ2) is 4.03. The lowest BCUT2D eigenvalue weighted by Gasteiger charge is -2.04. The molecule has 0 aliphatic carbocycles. The van der Waals surface area contributed by atoms with E-state index >= 15 is 0 Å². The lowest BCUT2D eigenvalue weighted by Crippen LogP contribution is -2.15. The van der Waals surface area contributed by atoms with Crippen molar-refractivity contribution >= 4 is 11.0 Å². The topological polar surface area (TPSA) is 43.8 Å². The molecule has 0 radical (unpaired) electrons. The van der Waals surface area contributed by atoms with Crippen LogP contribution in [0.25, 0.3) is 11.0 Å². The first kappa shape index (κ1) is 10.2. The van der Waals surface area contributed by atoms with Crippen LogP contribution in [0.3, 0.4) is 0 Å². The normalized spacial score (nSPS) is 13.3. The molecule has 1 unspecified atom stereocenters. The third-order valence-corrected chi connectivity index (χ3v) is 2.68. The van der Waals surface area contributed by atoms with Gasteiger partial charge in [-0.1, -0.05) is 6.07 Å². The number of fused-ring (bicyclic) bond motifs is 1. The van der Waals surface area contributed by atoms with E-state index in [1.54, 1.807) is 0 Å². The van der Waals surface area contributed by atoms with E-state index in [1.165, 1.54) is 11.1 Å². The second-order valence-corrected chi connectivity index (χ2v) is 4.19. The average Bonchev–Trinajstić information content (AvgIpc) is 2.57. The fourth-order valence-corrected chi connectivity index (χ4v) is 1.73. The van der Waals surface area contributed by atoms with Gasteiger partial charge in [0.1, 0.15) is 0 Å². The van der Waals surface area contributed by atoms with Crippen molar-refractivity contribution < 1.29 is 0 Å². The van der Waals surface area contributed by atoms with E-state index in [1.807, 2.05) is 24.9 Å². The lowest BCUT2D eigenvalue weighted by atomic mass is 10.1. The SMILES string of the molecule is CC(N)CCc1ccc2c(c1)ncn2C. The van der Waals surface area contributed by atoms with E-state index in [4.69, 9.17) is 5.73 Å². The molecule has 0 saturated carbocycles. The number of nitrogens with zero attached hydrogens (tertiary/aromatic N) is 2. The molecule has 2 aromatic rings. The van der Waals surface area contributed by atoms with Crippen molar-refractivity contribution in [3.8, 4) is 0 Å². The Kier molecular flexibility index (Phi) is 2.73. The summed E-state index contributed by atoms with van der Waals surface area (Å²) in [5.41, 5.74) is 9.30. The molecule has 0 aliphatic rings. The van der Waals surface area contributed by atoms with Crippen molar-refractivity contribution in [2.45, 2.75) is 25.8 Å². The van der Waals surface area contributed by atoms with E-state index in [9.17, 15) is 0 Å². The summed E-state index contributed by atoms with van der Waals surface area (Å²) in [5, 5.41) is 0.